The van der Waals surface area contributed by atoms with Crippen LogP contribution in [0.2, 0.25) is 0 Å². The lowest BCUT2D eigenvalue weighted by atomic mass is 10.0. The molecule has 0 bridgehead atoms. The summed E-state index contributed by atoms with van der Waals surface area (Å²) in [6, 6.07) is 16.5. The molecule has 0 aliphatic rings. The molecule has 1 heterocycles. The van der Waals surface area contributed by atoms with Crippen LogP contribution in [0.1, 0.15) is 36.8 Å². The number of nitrogens with one attached hydrogen (secondary N) is 1. The van der Waals surface area contributed by atoms with Crippen LogP contribution in [0.5, 0.6) is 0 Å². The number of hydrogen-bond acceptors (Lipinski definition) is 6. The zero-order chi connectivity index (χ0) is 21.3. The average Bonchev–Trinajstić information content (AvgIpc) is 3.23. The van der Waals surface area contributed by atoms with E-state index in [1.165, 1.54) is 7.11 Å². The second-order valence-corrected chi connectivity index (χ2v) is 7.59. The molecule has 1 atom stereocenters. The van der Waals surface area contributed by atoms with Crippen molar-refractivity contribution < 1.29 is 18.7 Å². The molecule has 8 heteroatoms. The van der Waals surface area contributed by atoms with Crippen molar-refractivity contribution in [2.45, 2.75) is 31.7 Å². The van der Waals surface area contributed by atoms with Gasteiger partial charge in [0, 0.05) is 22.9 Å². The summed E-state index contributed by atoms with van der Waals surface area (Å²) in [4.78, 5) is 24.2. The van der Waals surface area contributed by atoms with E-state index in [-0.39, 0.29) is 24.7 Å². The van der Waals surface area contributed by atoms with Crippen LogP contribution in [0.15, 0.2) is 63.5 Å². The predicted octanol–water partition coefficient (Wildman–Crippen LogP) is 4.24. The van der Waals surface area contributed by atoms with Gasteiger partial charge in [-0.1, -0.05) is 46.3 Å². The molecule has 0 saturated carbocycles. The number of esters is 1. The molecule has 0 saturated heterocycles. The van der Waals surface area contributed by atoms with E-state index < -0.39 is 6.04 Å². The topological polar surface area (TPSA) is 94.3 Å². The van der Waals surface area contributed by atoms with Crippen LogP contribution in [0.25, 0.3) is 11.5 Å². The molecule has 30 heavy (non-hydrogen) atoms. The van der Waals surface area contributed by atoms with Gasteiger partial charge in [0.1, 0.15) is 0 Å². The second-order valence-electron chi connectivity index (χ2n) is 6.68. The third-order valence-corrected chi connectivity index (χ3v) is 4.96. The Morgan fingerprint density at radius 3 is 2.67 bits per heavy atom. The van der Waals surface area contributed by atoms with Crippen LogP contribution >= 0.6 is 15.9 Å². The Bertz CT molecular complexity index is 991. The van der Waals surface area contributed by atoms with E-state index in [0.29, 0.717) is 24.6 Å². The van der Waals surface area contributed by atoms with Crippen molar-refractivity contribution in [3.8, 4) is 11.5 Å². The largest absolute Gasteiger partial charge is 0.469 e. The van der Waals surface area contributed by atoms with E-state index in [1.54, 1.807) is 0 Å². The minimum Gasteiger partial charge on any atom is -0.469 e. The SMILES string of the molecule is COC(=O)CC(NC(=O)CCCc1nnc(-c2ccccc2)o1)c1cccc(Br)c1. The molecule has 0 radical (unpaired) electrons. The highest BCUT2D eigenvalue weighted by molar-refractivity contribution is 9.10. The van der Waals surface area contributed by atoms with Crippen molar-refractivity contribution in [2.24, 2.45) is 0 Å². The van der Waals surface area contributed by atoms with Gasteiger partial charge < -0.3 is 14.5 Å². The molecular weight excluding hydrogens is 450 g/mol. The van der Waals surface area contributed by atoms with Gasteiger partial charge in [-0.15, -0.1) is 10.2 Å². The summed E-state index contributed by atoms with van der Waals surface area (Å²) in [7, 11) is 1.33. The molecule has 0 spiro atoms. The van der Waals surface area contributed by atoms with E-state index in [1.807, 2.05) is 54.6 Å². The number of ether oxygens (including phenoxy) is 1. The molecule has 156 valence electrons. The van der Waals surface area contributed by atoms with Gasteiger partial charge >= 0.3 is 5.97 Å². The number of rotatable bonds is 9. The van der Waals surface area contributed by atoms with Gasteiger partial charge in [-0.2, -0.15) is 0 Å². The van der Waals surface area contributed by atoms with Crippen LogP contribution in [0, 0.1) is 0 Å². The molecule has 3 rings (SSSR count). The van der Waals surface area contributed by atoms with Gasteiger partial charge in [0.15, 0.2) is 0 Å². The molecule has 1 aromatic heterocycles. The van der Waals surface area contributed by atoms with Crippen molar-refractivity contribution in [1.29, 1.82) is 0 Å². The molecule has 1 unspecified atom stereocenters. The number of hydrogen-bond donors (Lipinski definition) is 1. The minimum atomic E-state index is -0.462. The van der Waals surface area contributed by atoms with Crippen molar-refractivity contribution in [3.63, 3.8) is 0 Å². The van der Waals surface area contributed by atoms with Crippen LogP contribution in [-0.2, 0) is 20.7 Å². The molecule has 2 aromatic carbocycles. The van der Waals surface area contributed by atoms with Gasteiger partial charge in [0.05, 0.1) is 19.6 Å². The zero-order valence-corrected chi connectivity index (χ0v) is 18.1. The maximum absolute atomic E-state index is 12.5. The van der Waals surface area contributed by atoms with Crippen molar-refractivity contribution in [3.05, 3.63) is 70.5 Å². The summed E-state index contributed by atoms with van der Waals surface area (Å²) in [5.74, 6) is 0.397. The van der Waals surface area contributed by atoms with Crippen molar-refractivity contribution >= 4 is 27.8 Å². The first-order chi connectivity index (χ1) is 14.5. The molecule has 1 amide bonds. The Labute approximate surface area is 183 Å². The fraction of sp³-hybridized carbons (Fsp3) is 0.273. The quantitative estimate of drug-likeness (QED) is 0.468. The smallest absolute Gasteiger partial charge is 0.307 e. The summed E-state index contributed by atoms with van der Waals surface area (Å²) in [5, 5.41) is 11.0. The summed E-state index contributed by atoms with van der Waals surface area (Å²) in [5.41, 5.74) is 1.68. The standard InChI is InChI=1S/C22H22BrN3O4/c1-29-21(28)14-18(16-9-5-10-17(23)13-16)24-19(27)11-6-12-20-25-26-22(30-20)15-7-3-2-4-8-15/h2-5,7-10,13,18H,6,11-12,14H2,1H3,(H,24,27). The Morgan fingerprint density at radius 1 is 1.13 bits per heavy atom. The summed E-state index contributed by atoms with van der Waals surface area (Å²) in [6.45, 7) is 0. The monoisotopic (exact) mass is 471 g/mol. The van der Waals surface area contributed by atoms with E-state index in [2.05, 4.69) is 31.4 Å². The van der Waals surface area contributed by atoms with Gasteiger partial charge in [-0.3, -0.25) is 9.59 Å². The minimum absolute atomic E-state index is 0.0583. The Morgan fingerprint density at radius 2 is 1.93 bits per heavy atom. The van der Waals surface area contributed by atoms with Crippen LogP contribution < -0.4 is 5.32 Å². The van der Waals surface area contributed by atoms with E-state index in [4.69, 9.17) is 9.15 Å². The lowest BCUT2D eigenvalue weighted by Gasteiger charge is -2.18. The van der Waals surface area contributed by atoms with Gasteiger partial charge in [-0.25, -0.2) is 0 Å². The third kappa shape index (κ3) is 6.25. The first kappa shape index (κ1) is 21.7. The molecular formula is C22H22BrN3O4. The molecule has 0 aliphatic heterocycles. The fourth-order valence-corrected chi connectivity index (χ4v) is 3.36. The zero-order valence-electron chi connectivity index (χ0n) is 16.5. The predicted molar refractivity (Wildman–Crippen MR) is 114 cm³/mol. The Hall–Kier alpha value is -3.00. The number of carbonyl (C=O) groups is 2. The number of benzene rings is 2. The normalized spacial score (nSPS) is 11.7. The summed E-state index contributed by atoms with van der Waals surface area (Å²) < 4.78 is 11.3. The summed E-state index contributed by atoms with van der Waals surface area (Å²) in [6.07, 6.45) is 1.37. The first-order valence-electron chi connectivity index (χ1n) is 9.54. The average molecular weight is 472 g/mol. The fourth-order valence-electron chi connectivity index (χ4n) is 2.94. The van der Waals surface area contributed by atoms with E-state index in [0.717, 1.165) is 15.6 Å². The molecule has 0 aliphatic carbocycles. The van der Waals surface area contributed by atoms with Gasteiger partial charge in [-0.05, 0) is 36.2 Å². The Balaban J connectivity index is 1.54. The van der Waals surface area contributed by atoms with E-state index >= 15 is 0 Å². The number of nitrogens with zero attached hydrogens (tertiary/aromatic N) is 2. The van der Waals surface area contributed by atoms with E-state index in [9.17, 15) is 9.59 Å². The summed E-state index contributed by atoms with van der Waals surface area (Å²) >= 11 is 3.41. The highest BCUT2D eigenvalue weighted by atomic mass is 79.9. The van der Waals surface area contributed by atoms with Crippen LogP contribution in [-0.4, -0.2) is 29.2 Å². The van der Waals surface area contributed by atoms with Crippen molar-refractivity contribution in [1.82, 2.24) is 15.5 Å². The maximum atomic E-state index is 12.5. The molecule has 0 fully saturated rings. The van der Waals surface area contributed by atoms with Crippen LogP contribution in [0.3, 0.4) is 0 Å². The highest BCUT2D eigenvalue weighted by Crippen LogP contribution is 2.22. The molecule has 7 nitrogen and oxygen atoms in total. The number of methoxy groups -OCH3 is 1. The lowest BCUT2D eigenvalue weighted by Crippen LogP contribution is -2.30. The number of halogens is 1. The van der Waals surface area contributed by atoms with Crippen molar-refractivity contribution in [2.75, 3.05) is 7.11 Å². The number of aryl methyl sites for hydroxylation is 1. The lowest BCUT2D eigenvalue weighted by molar-refractivity contribution is -0.141. The van der Waals surface area contributed by atoms with Gasteiger partial charge in [0.2, 0.25) is 17.7 Å². The molecule has 3 aromatic rings. The second kappa shape index (κ2) is 10.7. The van der Waals surface area contributed by atoms with Gasteiger partial charge in [0.25, 0.3) is 0 Å². The highest BCUT2D eigenvalue weighted by Gasteiger charge is 2.19. The number of aromatic nitrogens is 2. The van der Waals surface area contributed by atoms with Crippen LogP contribution in [0.4, 0.5) is 0 Å². The first-order valence-corrected chi connectivity index (χ1v) is 10.3. The maximum Gasteiger partial charge on any atom is 0.307 e. The Kier molecular flexibility index (Phi) is 7.73. The molecule has 1 N–H and O–H groups in total. The third-order valence-electron chi connectivity index (χ3n) is 4.47. The number of amides is 1. The number of carbonyl (C=O) groups excluding carboxylic acids is 2.